The van der Waals surface area contributed by atoms with Crippen molar-refractivity contribution in [3.8, 4) is 5.75 Å². The standard InChI is InChI=1S/C15H21F3N2OS.ClH/c1-19-12-4-3-7-20(10-12)9-11-5-6-13(21-2)14(8-11)22-15(16,17)18;/h5-6,8,12,19H,3-4,7,9-10H2,1-2H3;1H. The summed E-state index contributed by atoms with van der Waals surface area (Å²) in [5.74, 6) is 0.262. The van der Waals surface area contributed by atoms with Gasteiger partial charge in [-0.3, -0.25) is 4.90 Å². The summed E-state index contributed by atoms with van der Waals surface area (Å²) in [7, 11) is 3.33. The summed E-state index contributed by atoms with van der Waals surface area (Å²) in [6.45, 7) is 2.56. The molecule has 1 fully saturated rings. The number of alkyl halides is 3. The fraction of sp³-hybridized carbons (Fsp3) is 0.600. The second-order valence-corrected chi connectivity index (χ2v) is 6.50. The quantitative estimate of drug-likeness (QED) is 0.794. The van der Waals surface area contributed by atoms with E-state index in [9.17, 15) is 13.2 Å². The van der Waals surface area contributed by atoms with Crippen LogP contribution in [-0.2, 0) is 6.54 Å². The summed E-state index contributed by atoms with van der Waals surface area (Å²) in [6.07, 6.45) is 2.25. The van der Waals surface area contributed by atoms with E-state index in [4.69, 9.17) is 4.74 Å². The van der Waals surface area contributed by atoms with Gasteiger partial charge in [-0.25, -0.2) is 0 Å². The number of likely N-dealkylation sites (tertiary alicyclic amines) is 1. The van der Waals surface area contributed by atoms with Gasteiger partial charge in [-0.1, -0.05) is 6.07 Å². The molecule has 1 aliphatic heterocycles. The van der Waals surface area contributed by atoms with E-state index in [0.717, 1.165) is 31.5 Å². The number of halogens is 4. The smallest absolute Gasteiger partial charge is 0.446 e. The fourth-order valence-electron chi connectivity index (χ4n) is 2.72. The molecule has 0 bridgehead atoms. The number of piperidine rings is 1. The van der Waals surface area contributed by atoms with Crippen LogP contribution in [0.1, 0.15) is 18.4 Å². The molecule has 1 aromatic rings. The number of thioether (sulfide) groups is 1. The van der Waals surface area contributed by atoms with Crippen LogP contribution in [0.5, 0.6) is 5.75 Å². The molecule has 0 saturated carbocycles. The van der Waals surface area contributed by atoms with Crippen LogP contribution in [0.3, 0.4) is 0 Å². The van der Waals surface area contributed by atoms with Crippen molar-refractivity contribution in [2.24, 2.45) is 0 Å². The number of nitrogens with one attached hydrogen (secondary N) is 1. The fourth-order valence-corrected chi connectivity index (χ4v) is 3.43. The minimum Gasteiger partial charge on any atom is -0.496 e. The zero-order valence-corrected chi connectivity index (χ0v) is 14.8. The Morgan fingerprint density at radius 2 is 2.13 bits per heavy atom. The third kappa shape index (κ3) is 6.41. The SMILES string of the molecule is CNC1CCCN(Cc2ccc(OC)c(SC(F)(F)F)c2)C1.Cl. The Kier molecular flexibility index (Phi) is 8.00. The lowest BCUT2D eigenvalue weighted by atomic mass is 10.1. The molecule has 23 heavy (non-hydrogen) atoms. The first kappa shape index (κ1) is 20.4. The molecule has 1 saturated heterocycles. The Bertz CT molecular complexity index is 502. The van der Waals surface area contributed by atoms with Gasteiger partial charge in [0.2, 0.25) is 0 Å². The summed E-state index contributed by atoms with van der Waals surface area (Å²) >= 11 is -0.123. The van der Waals surface area contributed by atoms with E-state index in [2.05, 4.69) is 10.2 Å². The number of rotatable bonds is 5. The normalized spacial score (nSPS) is 19.3. The van der Waals surface area contributed by atoms with Gasteiger partial charge in [0.25, 0.3) is 0 Å². The summed E-state index contributed by atoms with van der Waals surface area (Å²) < 4.78 is 42.9. The Morgan fingerprint density at radius 3 is 2.74 bits per heavy atom. The highest BCUT2D eigenvalue weighted by atomic mass is 35.5. The topological polar surface area (TPSA) is 24.5 Å². The molecule has 1 unspecified atom stereocenters. The number of hydrogen-bond donors (Lipinski definition) is 1. The Hall–Kier alpha value is -0.630. The maximum Gasteiger partial charge on any atom is 0.446 e. The van der Waals surface area contributed by atoms with Crippen LogP contribution in [0.4, 0.5) is 13.2 Å². The van der Waals surface area contributed by atoms with Gasteiger partial charge in [-0.15, -0.1) is 12.4 Å². The van der Waals surface area contributed by atoms with E-state index in [0.29, 0.717) is 12.6 Å². The molecule has 3 nitrogen and oxygen atoms in total. The number of ether oxygens (including phenoxy) is 1. The molecule has 1 aliphatic rings. The molecule has 2 rings (SSSR count). The van der Waals surface area contributed by atoms with Crippen LogP contribution in [0, 0.1) is 0 Å². The lowest BCUT2D eigenvalue weighted by molar-refractivity contribution is -0.0328. The number of nitrogens with zero attached hydrogens (tertiary/aromatic N) is 1. The van der Waals surface area contributed by atoms with Crippen LogP contribution >= 0.6 is 24.2 Å². The minimum atomic E-state index is -4.31. The molecule has 1 heterocycles. The number of methoxy groups -OCH3 is 1. The average Bonchev–Trinajstić information content (AvgIpc) is 2.46. The highest BCUT2D eigenvalue weighted by Gasteiger charge is 2.31. The molecular weight excluding hydrogens is 349 g/mol. The van der Waals surface area contributed by atoms with Gasteiger partial charge in [0, 0.05) is 19.1 Å². The van der Waals surface area contributed by atoms with Crippen molar-refractivity contribution < 1.29 is 17.9 Å². The van der Waals surface area contributed by atoms with Crippen LogP contribution in [0.25, 0.3) is 0 Å². The largest absolute Gasteiger partial charge is 0.496 e. The Morgan fingerprint density at radius 1 is 1.39 bits per heavy atom. The van der Waals surface area contributed by atoms with Gasteiger partial charge in [0.1, 0.15) is 5.75 Å². The molecule has 1 aromatic carbocycles. The molecule has 0 spiro atoms. The minimum absolute atomic E-state index is 0. The first-order chi connectivity index (χ1) is 10.4. The first-order valence-electron chi connectivity index (χ1n) is 7.23. The van der Waals surface area contributed by atoms with Crippen molar-refractivity contribution >= 4 is 24.2 Å². The third-order valence-corrected chi connectivity index (χ3v) is 4.54. The van der Waals surface area contributed by atoms with E-state index < -0.39 is 5.51 Å². The summed E-state index contributed by atoms with van der Waals surface area (Å²) in [6, 6.07) is 5.49. The highest BCUT2D eigenvalue weighted by molar-refractivity contribution is 8.00. The van der Waals surface area contributed by atoms with Crippen molar-refractivity contribution in [2.45, 2.75) is 35.8 Å². The van der Waals surface area contributed by atoms with Crippen molar-refractivity contribution in [1.82, 2.24) is 10.2 Å². The molecule has 132 valence electrons. The van der Waals surface area contributed by atoms with E-state index in [1.54, 1.807) is 12.1 Å². The first-order valence-corrected chi connectivity index (χ1v) is 8.05. The number of benzene rings is 1. The monoisotopic (exact) mass is 370 g/mol. The average molecular weight is 371 g/mol. The van der Waals surface area contributed by atoms with Gasteiger partial charge in [0.15, 0.2) is 0 Å². The second-order valence-electron chi connectivity index (χ2n) is 5.40. The molecule has 0 aromatic heterocycles. The maximum absolute atomic E-state index is 12.6. The van der Waals surface area contributed by atoms with E-state index in [1.807, 2.05) is 13.1 Å². The van der Waals surface area contributed by atoms with Gasteiger partial charge in [-0.2, -0.15) is 13.2 Å². The lowest BCUT2D eigenvalue weighted by Gasteiger charge is -2.32. The lowest BCUT2D eigenvalue weighted by Crippen LogP contribution is -2.43. The van der Waals surface area contributed by atoms with Crippen LogP contribution < -0.4 is 10.1 Å². The van der Waals surface area contributed by atoms with Crippen molar-refractivity contribution in [3.05, 3.63) is 23.8 Å². The molecular formula is C15H22ClF3N2OS. The summed E-state index contributed by atoms with van der Waals surface area (Å²) in [5.41, 5.74) is -3.43. The van der Waals surface area contributed by atoms with Crippen molar-refractivity contribution in [3.63, 3.8) is 0 Å². The summed E-state index contributed by atoms with van der Waals surface area (Å²) in [5, 5.41) is 3.27. The molecule has 0 amide bonds. The molecule has 8 heteroatoms. The zero-order valence-electron chi connectivity index (χ0n) is 13.2. The van der Waals surface area contributed by atoms with E-state index in [-0.39, 0.29) is 34.8 Å². The zero-order chi connectivity index (χ0) is 16.2. The van der Waals surface area contributed by atoms with Crippen LogP contribution in [0.2, 0.25) is 0 Å². The third-order valence-electron chi connectivity index (χ3n) is 3.77. The molecule has 0 radical (unpaired) electrons. The Balaban J connectivity index is 0.00000264. The Labute approximate surface area is 145 Å². The van der Waals surface area contributed by atoms with Gasteiger partial charge >= 0.3 is 5.51 Å². The van der Waals surface area contributed by atoms with Crippen molar-refractivity contribution in [2.75, 3.05) is 27.2 Å². The van der Waals surface area contributed by atoms with Gasteiger partial charge < -0.3 is 10.1 Å². The van der Waals surface area contributed by atoms with Crippen LogP contribution in [0.15, 0.2) is 23.1 Å². The molecule has 1 atom stereocenters. The predicted octanol–water partition coefficient (Wildman–Crippen LogP) is 3.91. The summed E-state index contributed by atoms with van der Waals surface area (Å²) in [4.78, 5) is 2.39. The predicted molar refractivity (Wildman–Crippen MR) is 89.5 cm³/mol. The van der Waals surface area contributed by atoms with Crippen LogP contribution in [-0.4, -0.2) is 43.7 Å². The highest BCUT2D eigenvalue weighted by Crippen LogP contribution is 2.41. The molecule has 0 aliphatic carbocycles. The van der Waals surface area contributed by atoms with Gasteiger partial charge in [-0.05, 0) is 55.9 Å². The number of likely N-dealkylation sites (N-methyl/N-ethyl adjacent to an activating group) is 1. The molecule has 1 N–H and O–H groups in total. The maximum atomic E-state index is 12.6. The van der Waals surface area contributed by atoms with Crippen molar-refractivity contribution in [1.29, 1.82) is 0 Å². The van der Waals surface area contributed by atoms with Gasteiger partial charge in [0.05, 0.1) is 12.0 Å². The van der Waals surface area contributed by atoms with E-state index in [1.165, 1.54) is 7.11 Å². The van der Waals surface area contributed by atoms with E-state index >= 15 is 0 Å². The second kappa shape index (κ2) is 9.01. The number of hydrogen-bond acceptors (Lipinski definition) is 4.